The summed E-state index contributed by atoms with van der Waals surface area (Å²) in [6.45, 7) is 4.08. The number of nitrogens with two attached hydrogens (primary N) is 1. The van der Waals surface area contributed by atoms with Gasteiger partial charge in [-0.3, -0.25) is 0 Å². The minimum atomic E-state index is 0.559. The topological polar surface area (TPSA) is 29.3 Å². The molecule has 0 bridgehead atoms. The summed E-state index contributed by atoms with van der Waals surface area (Å²) in [5.41, 5.74) is 6.68. The molecule has 1 aliphatic heterocycles. The third kappa shape index (κ3) is 3.89. The highest BCUT2D eigenvalue weighted by Crippen LogP contribution is 2.15. The van der Waals surface area contributed by atoms with Crippen molar-refractivity contribution in [2.45, 2.75) is 12.8 Å². The maximum absolute atomic E-state index is 5.56. The first-order valence-corrected chi connectivity index (χ1v) is 6.37. The highest BCUT2D eigenvalue weighted by molar-refractivity contribution is 5.34. The minimum Gasteiger partial charge on any atom is -0.329 e. The first-order valence-electron chi connectivity index (χ1n) is 6.37. The van der Waals surface area contributed by atoms with E-state index in [1.807, 2.05) is 18.2 Å². The average Bonchev–Trinajstić information content (AvgIpc) is 2.40. The van der Waals surface area contributed by atoms with Gasteiger partial charge in [0.25, 0.3) is 0 Å². The molecule has 1 heterocycles. The Bertz CT molecular complexity index is 380. The van der Waals surface area contributed by atoms with Crippen LogP contribution in [0.15, 0.2) is 30.3 Å². The fourth-order valence-corrected chi connectivity index (χ4v) is 2.19. The second kappa shape index (κ2) is 6.44. The molecule has 1 aliphatic rings. The summed E-state index contributed by atoms with van der Waals surface area (Å²) in [5, 5.41) is 0. The van der Waals surface area contributed by atoms with Gasteiger partial charge in [0.2, 0.25) is 0 Å². The van der Waals surface area contributed by atoms with Crippen molar-refractivity contribution in [3.05, 3.63) is 35.9 Å². The first-order chi connectivity index (χ1) is 8.38. The van der Waals surface area contributed by atoms with E-state index in [1.54, 1.807) is 0 Å². The molecule has 1 saturated heterocycles. The van der Waals surface area contributed by atoms with Crippen LogP contribution in [0.5, 0.6) is 0 Å². The maximum atomic E-state index is 5.56. The van der Waals surface area contributed by atoms with Gasteiger partial charge in [-0.25, -0.2) is 0 Å². The fraction of sp³-hybridized carbons (Fsp3) is 0.467. The lowest BCUT2D eigenvalue weighted by Gasteiger charge is -2.29. The number of benzene rings is 1. The molecule has 2 heteroatoms. The van der Waals surface area contributed by atoms with E-state index in [0.717, 1.165) is 31.7 Å². The molecule has 1 fully saturated rings. The second-order valence-corrected chi connectivity index (χ2v) is 4.54. The van der Waals surface area contributed by atoms with Crippen LogP contribution in [0, 0.1) is 17.8 Å². The summed E-state index contributed by atoms with van der Waals surface area (Å²) in [7, 11) is 0. The van der Waals surface area contributed by atoms with E-state index < -0.39 is 0 Å². The first kappa shape index (κ1) is 12.2. The van der Waals surface area contributed by atoms with Crippen LogP contribution >= 0.6 is 0 Å². The normalized spacial score (nSPS) is 17.5. The van der Waals surface area contributed by atoms with Crippen LogP contribution < -0.4 is 5.73 Å². The number of likely N-dealkylation sites (tertiary alicyclic amines) is 1. The lowest BCUT2D eigenvalue weighted by molar-refractivity contribution is 0.212. The summed E-state index contributed by atoms with van der Waals surface area (Å²) in [4.78, 5) is 2.43. The van der Waals surface area contributed by atoms with Crippen LogP contribution in [0.2, 0.25) is 0 Å². The number of piperidine rings is 1. The molecular weight excluding hydrogens is 208 g/mol. The number of hydrogen-bond donors (Lipinski definition) is 1. The smallest absolute Gasteiger partial charge is 0.0245 e. The zero-order valence-corrected chi connectivity index (χ0v) is 10.2. The number of rotatable bonds is 2. The van der Waals surface area contributed by atoms with Crippen molar-refractivity contribution in [1.29, 1.82) is 0 Å². The molecule has 2 nitrogen and oxygen atoms in total. The maximum Gasteiger partial charge on any atom is 0.0245 e. The molecule has 90 valence electrons. The van der Waals surface area contributed by atoms with Gasteiger partial charge in [-0.2, -0.15) is 0 Å². The van der Waals surface area contributed by atoms with Crippen molar-refractivity contribution < 1.29 is 0 Å². The molecule has 0 aromatic heterocycles. The Hall–Kier alpha value is -1.30. The molecule has 0 spiro atoms. The van der Waals surface area contributed by atoms with E-state index in [4.69, 9.17) is 5.73 Å². The zero-order valence-electron chi connectivity index (χ0n) is 10.2. The van der Waals surface area contributed by atoms with Crippen molar-refractivity contribution in [3.63, 3.8) is 0 Å². The fourth-order valence-electron chi connectivity index (χ4n) is 2.19. The van der Waals surface area contributed by atoms with Crippen LogP contribution in [0.25, 0.3) is 0 Å². The second-order valence-electron chi connectivity index (χ2n) is 4.54. The largest absolute Gasteiger partial charge is 0.329 e. The average molecular weight is 228 g/mol. The lowest BCUT2D eigenvalue weighted by atomic mass is 9.97. The Labute approximate surface area is 104 Å². The van der Waals surface area contributed by atoms with Gasteiger partial charge >= 0.3 is 0 Å². The van der Waals surface area contributed by atoms with E-state index in [2.05, 4.69) is 28.9 Å². The van der Waals surface area contributed by atoms with Crippen molar-refractivity contribution >= 4 is 0 Å². The molecule has 0 radical (unpaired) electrons. The van der Waals surface area contributed by atoms with E-state index in [0.29, 0.717) is 5.92 Å². The highest BCUT2D eigenvalue weighted by atomic mass is 15.1. The van der Waals surface area contributed by atoms with Crippen LogP contribution in [-0.2, 0) is 0 Å². The Morgan fingerprint density at radius 2 is 1.88 bits per heavy atom. The summed E-state index contributed by atoms with van der Waals surface area (Å²) in [6, 6.07) is 10.2. The highest BCUT2D eigenvalue weighted by Gasteiger charge is 2.16. The summed E-state index contributed by atoms with van der Waals surface area (Å²) in [5.74, 6) is 7.22. The Morgan fingerprint density at radius 1 is 1.18 bits per heavy atom. The van der Waals surface area contributed by atoms with Crippen molar-refractivity contribution in [3.8, 4) is 11.8 Å². The molecule has 0 aliphatic carbocycles. The monoisotopic (exact) mass is 228 g/mol. The van der Waals surface area contributed by atoms with Crippen molar-refractivity contribution in [2.75, 3.05) is 26.2 Å². The summed E-state index contributed by atoms with van der Waals surface area (Å²) >= 11 is 0. The molecule has 1 aromatic carbocycles. The van der Waals surface area contributed by atoms with E-state index in [1.165, 1.54) is 12.8 Å². The van der Waals surface area contributed by atoms with E-state index in [9.17, 15) is 0 Å². The van der Waals surface area contributed by atoms with Gasteiger partial charge in [0.1, 0.15) is 0 Å². The summed E-state index contributed by atoms with van der Waals surface area (Å²) < 4.78 is 0. The molecule has 1 aromatic rings. The van der Waals surface area contributed by atoms with Gasteiger partial charge < -0.3 is 10.6 Å². The summed E-state index contributed by atoms with van der Waals surface area (Å²) in [6.07, 6.45) is 2.36. The Balaban J connectivity index is 1.84. The minimum absolute atomic E-state index is 0.559. The van der Waals surface area contributed by atoms with Crippen molar-refractivity contribution in [2.24, 2.45) is 11.7 Å². The predicted octanol–water partition coefficient (Wildman–Crippen LogP) is 1.71. The Kier molecular flexibility index (Phi) is 4.61. The third-order valence-corrected chi connectivity index (χ3v) is 3.23. The molecule has 0 atom stereocenters. The van der Waals surface area contributed by atoms with Gasteiger partial charge in [-0.1, -0.05) is 30.0 Å². The van der Waals surface area contributed by atoms with Gasteiger partial charge in [0.15, 0.2) is 0 Å². The van der Waals surface area contributed by atoms with Gasteiger partial charge in [0.05, 0.1) is 0 Å². The molecule has 2 rings (SSSR count). The molecule has 0 unspecified atom stereocenters. The van der Waals surface area contributed by atoms with Gasteiger partial charge in [-0.15, -0.1) is 0 Å². The van der Waals surface area contributed by atoms with Gasteiger partial charge in [-0.05, 0) is 38.1 Å². The molecular formula is C15H20N2. The van der Waals surface area contributed by atoms with E-state index >= 15 is 0 Å². The quantitative estimate of drug-likeness (QED) is 0.781. The van der Waals surface area contributed by atoms with Crippen molar-refractivity contribution in [1.82, 2.24) is 4.90 Å². The van der Waals surface area contributed by atoms with E-state index in [-0.39, 0.29) is 0 Å². The molecule has 2 N–H and O–H groups in total. The van der Waals surface area contributed by atoms with Crippen LogP contribution in [0.4, 0.5) is 0 Å². The lowest BCUT2D eigenvalue weighted by Crippen LogP contribution is -2.36. The Morgan fingerprint density at radius 3 is 2.53 bits per heavy atom. The number of hydrogen-bond acceptors (Lipinski definition) is 2. The number of nitrogens with zero attached hydrogens (tertiary/aromatic N) is 1. The third-order valence-electron chi connectivity index (χ3n) is 3.23. The van der Waals surface area contributed by atoms with Crippen LogP contribution in [0.1, 0.15) is 18.4 Å². The predicted molar refractivity (Wildman–Crippen MR) is 71.5 cm³/mol. The molecule has 17 heavy (non-hydrogen) atoms. The van der Waals surface area contributed by atoms with Crippen LogP contribution in [-0.4, -0.2) is 31.1 Å². The SMILES string of the molecule is NCCN1CCC(C#Cc2ccccc2)CC1. The van der Waals surface area contributed by atoms with Gasteiger partial charge in [0, 0.05) is 24.6 Å². The zero-order chi connectivity index (χ0) is 11.9. The van der Waals surface area contributed by atoms with Crippen LogP contribution in [0.3, 0.4) is 0 Å². The standard InChI is InChI=1S/C15H20N2/c16-10-13-17-11-8-15(9-12-17)7-6-14-4-2-1-3-5-14/h1-5,15H,8-13,16H2. The molecule has 0 saturated carbocycles. The molecule has 0 amide bonds.